The predicted molar refractivity (Wildman–Crippen MR) is 381 cm³/mol. The average molecular weight is 1260 g/mol. The lowest BCUT2D eigenvalue weighted by Gasteiger charge is -2.19. The molecule has 0 aliphatic heterocycles. The number of carbonyl (C=O) groups excluding carboxylic acids is 2. The van der Waals surface area contributed by atoms with Crippen molar-refractivity contribution in [3.05, 3.63) is 36.5 Å². The van der Waals surface area contributed by atoms with Crippen LogP contribution in [0.2, 0.25) is 0 Å². The highest BCUT2D eigenvalue weighted by Crippen LogP contribution is 2.43. The molecule has 0 aromatic heterocycles. The number of ether oxygens (including phenoxy) is 2. The van der Waals surface area contributed by atoms with E-state index in [1.165, 1.54) is 340 Å². The van der Waals surface area contributed by atoms with Gasteiger partial charge in [-0.3, -0.25) is 18.6 Å². The van der Waals surface area contributed by atoms with E-state index in [2.05, 4.69) is 50.3 Å². The molecule has 2 atom stereocenters. The molecule has 0 heterocycles. The summed E-state index contributed by atoms with van der Waals surface area (Å²) in [5, 5.41) is 0. The molecule has 520 valence electrons. The zero-order valence-corrected chi connectivity index (χ0v) is 59.6. The SMILES string of the molecule is CCCCCCC/C=C\C/C=C\C/C=C\CCCCCCCCCCCCCCCCCCCCCCCCC(=O)OC(COC(=O)CCCCCCCCCCCCCCCCCCCCCCCCCCCCCCCC)COP(=O)(O)OCCN. The van der Waals surface area contributed by atoms with E-state index in [-0.39, 0.29) is 38.6 Å². The van der Waals surface area contributed by atoms with E-state index in [1.54, 1.807) is 0 Å². The Morgan fingerprint density at radius 3 is 0.875 bits per heavy atom. The number of unbranched alkanes of at least 4 members (excludes halogenated alkanes) is 56. The fourth-order valence-corrected chi connectivity index (χ4v) is 12.8. The van der Waals surface area contributed by atoms with Gasteiger partial charge in [-0.15, -0.1) is 0 Å². The molecule has 88 heavy (non-hydrogen) atoms. The van der Waals surface area contributed by atoms with Gasteiger partial charge in [-0.25, -0.2) is 4.57 Å². The Morgan fingerprint density at radius 2 is 0.591 bits per heavy atom. The largest absolute Gasteiger partial charge is 0.472 e. The van der Waals surface area contributed by atoms with Crippen molar-refractivity contribution in [1.29, 1.82) is 0 Å². The van der Waals surface area contributed by atoms with Gasteiger partial charge in [-0.2, -0.15) is 0 Å². The van der Waals surface area contributed by atoms with E-state index in [0.29, 0.717) is 6.42 Å². The number of nitrogens with two attached hydrogens (primary N) is 1. The fourth-order valence-electron chi connectivity index (χ4n) is 12.0. The summed E-state index contributed by atoms with van der Waals surface area (Å²) in [6, 6.07) is 0. The van der Waals surface area contributed by atoms with Crippen LogP contribution in [0.25, 0.3) is 0 Å². The van der Waals surface area contributed by atoms with Crippen LogP contribution in [-0.4, -0.2) is 49.3 Å². The number of rotatable bonds is 75. The minimum absolute atomic E-state index is 0.0568. The van der Waals surface area contributed by atoms with Crippen molar-refractivity contribution in [1.82, 2.24) is 0 Å². The van der Waals surface area contributed by atoms with Crippen molar-refractivity contribution in [3.63, 3.8) is 0 Å². The van der Waals surface area contributed by atoms with Crippen LogP contribution in [0.3, 0.4) is 0 Å². The highest BCUT2D eigenvalue weighted by molar-refractivity contribution is 7.47. The van der Waals surface area contributed by atoms with Crippen molar-refractivity contribution in [2.45, 2.75) is 424 Å². The standard InChI is InChI=1S/C78H150NO8P/c1-3-5-7-9-11-13-15-17-19-21-23-25-27-29-31-33-35-36-37-38-39-40-41-43-45-47-49-51-53-55-57-59-61-63-65-67-69-71-78(81)87-76(75-86-88(82,83)85-73-72-79)74-84-77(80)70-68-66-64-62-60-58-56-54-52-50-48-46-44-42-34-32-30-28-26-24-22-20-18-16-14-12-10-8-6-4-2/h15,17,21,23,27,29,76H,3-14,16,18-20,22,24-26,28,30-75,79H2,1-2H3,(H,82,83)/b17-15-,23-21-,29-27-. The number of phosphoric ester groups is 1. The van der Waals surface area contributed by atoms with E-state index in [0.717, 1.165) is 44.9 Å². The maximum atomic E-state index is 12.8. The zero-order chi connectivity index (χ0) is 63.7. The summed E-state index contributed by atoms with van der Waals surface area (Å²) in [6.07, 6.45) is 94.2. The number of esters is 2. The Kier molecular flexibility index (Phi) is 72.8. The van der Waals surface area contributed by atoms with Crippen LogP contribution in [-0.2, 0) is 32.7 Å². The van der Waals surface area contributed by atoms with Crippen LogP contribution in [0.1, 0.15) is 418 Å². The van der Waals surface area contributed by atoms with E-state index in [9.17, 15) is 19.0 Å². The zero-order valence-electron chi connectivity index (χ0n) is 58.7. The van der Waals surface area contributed by atoms with Gasteiger partial charge in [-0.05, 0) is 51.4 Å². The van der Waals surface area contributed by atoms with Gasteiger partial charge in [0.25, 0.3) is 0 Å². The van der Waals surface area contributed by atoms with Crippen LogP contribution in [0.5, 0.6) is 0 Å². The summed E-state index contributed by atoms with van der Waals surface area (Å²) < 4.78 is 33.3. The molecule has 0 aliphatic rings. The van der Waals surface area contributed by atoms with Crippen LogP contribution in [0.4, 0.5) is 0 Å². The summed E-state index contributed by atoms with van der Waals surface area (Å²) in [6.45, 7) is 3.82. The Bertz CT molecular complexity index is 1540. The van der Waals surface area contributed by atoms with Gasteiger partial charge < -0.3 is 20.1 Å². The summed E-state index contributed by atoms with van der Waals surface area (Å²) in [4.78, 5) is 35.4. The number of phosphoric acid groups is 1. The molecule has 0 saturated carbocycles. The maximum absolute atomic E-state index is 12.8. The average Bonchev–Trinajstić information content (AvgIpc) is 3.60. The van der Waals surface area contributed by atoms with Gasteiger partial charge in [0.2, 0.25) is 0 Å². The Labute approximate surface area is 547 Å². The minimum atomic E-state index is -4.39. The van der Waals surface area contributed by atoms with Crippen LogP contribution in [0, 0.1) is 0 Å². The second-order valence-corrected chi connectivity index (χ2v) is 28.0. The summed E-state index contributed by atoms with van der Waals surface area (Å²) >= 11 is 0. The maximum Gasteiger partial charge on any atom is 0.472 e. The predicted octanol–water partition coefficient (Wildman–Crippen LogP) is 25.8. The normalized spacial score (nSPS) is 13.0. The van der Waals surface area contributed by atoms with Crippen molar-refractivity contribution < 1.29 is 37.6 Å². The van der Waals surface area contributed by atoms with Gasteiger partial charge in [0.15, 0.2) is 6.10 Å². The lowest BCUT2D eigenvalue weighted by atomic mass is 10.0. The second kappa shape index (κ2) is 74.3. The number of carbonyl (C=O) groups is 2. The molecular weight excluding hydrogens is 1110 g/mol. The van der Waals surface area contributed by atoms with Crippen molar-refractivity contribution in [2.24, 2.45) is 5.73 Å². The van der Waals surface area contributed by atoms with Gasteiger partial charge in [0.05, 0.1) is 13.2 Å². The van der Waals surface area contributed by atoms with Crippen LogP contribution < -0.4 is 5.73 Å². The number of allylic oxidation sites excluding steroid dienone is 6. The molecule has 0 aliphatic carbocycles. The first-order valence-electron chi connectivity index (χ1n) is 39.0. The smallest absolute Gasteiger partial charge is 0.462 e. The Hall–Kier alpha value is -1.77. The lowest BCUT2D eigenvalue weighted by Crippen LogP contribution is -2.29. The third-order valence-corrected chi connectivity index (χ3v) is 18.8. The van der Waals surface area contributed by atoms with E-state index >= 15 is 0 Å². The topological polar surface area (TPSA) is 134 Å². The van der Waals surface area contributed by atoms with Gasteiger partial charge in [0, 0.05) is 19.4 Å². The molecule has 0 aromatic carbocycles. The fraction of sp³-hybridized carbons (Fsp3) is 0.897. The van der Waals surface area contributed by atoms with Crippen molar-refractivity contribution >= 4 is 19.8 Å². The van der Waals surface area contributed by atoms with Gasteiger partial charge in [0.1, 0.15) is 6.61 Å². The highest BCUT2D eigenvalue weighted by Gasteiger charge is 2.26. The molecule has 0 aromatic rings. The number of hydrogen-bond acceptors (Lipinski definition) is 8. The first-order chi connectivity index (χ1) is 43.3. The van der Waals surface area contributed by atoms with E-state index in [1.807, 2.05) is 0 Å². The lowest BCUT2D eigenvalue weighted by molar-refractivity contribution is -0.161. The monoisotopic (exact) mass is 1260 g/mol. The quantitative estimate of drug-likeness (QED) is 0.0264. The molecule has 3 N–H and O–H groups in total. The first kappa shape index (κ1) is 86.2. The third kappa shape index (κ3) is 73.3. The molecule has 10 heteroatoms. The second-order valence-electron chi connectivity index (χ2n) is 26.6. The first-order valence-corrected chi connectivity index (χ1v) is 40.5. The number of hydrogen-bond donors (Lipinski definition) is 2. The Balaban J connectivity index is 3.76. The third-order valence-electron chi connectivity index (χ3n) is 17.8. The summed E-state index contributed by atoms with van der Waals surface area (Å²) in [5.74, 6) is -0.800. The van der Waals surface area contributed by atoms with Crippen molar-refractivity contribution in [3.8, 4) is 0 Å². The molecule has 0 bridgehead atoms. The molecule has 0 rings (SSSR count). The summed E-state index contributed by atoms with van der Waals surface area (Å²) in [5.41, 5.74) is 5.41. The van der Waals surface area contributed by atoms with E-state index in [4.69, 9.17) is 24.3 Å². The molecule has 0 fully saturated rings. The van der Waals surface area contributed by atoms with Crippen LogP contribution in [0.15, 0.2) is 36.5 Å². The molecule has 0 amide bonds. The highest BCUT2D eigenvalue weighted by atomic mass is 31.2. The molecule has 2 unspecified atom stereocenters. The van der Waals surface area contributed by atoms with Gasteiger partial charge in [-0.1, -0.05) is 391 Å². The summed E-state index contributed by atoms with van der Waals surface area (Å²) in [7, 11) is -4.39. The van der Waals surface area contributed by atoms with Gasteiger partial charge >= 0.3 is 19.8 Å². The van der Waals surface area contributed by atoms with Crippen molar-refractivity contribution in [2.75, 3.05) is 26.4 Å². The molecule has 9 nitrogen and oxygen atoms in total. The molecular formula is C78H150NO8P. The minimum Gasteiger partial charge on any atom is -0.462 e. The molecule has 0 radical (unpaired) electrons. The molecule has 0 saturated heterocycles. The Morgan fingerprint density at radius 1 is 0.341 bits per heavy atom. The van der Waals surface area contributed by atoms with Crippen LogP contribution >= 0.6 is 7.82 Å². The van der Waals surface area contributed by atoms with E-state index < -0.39 is 26.5 Å². The molecule has 0 spiro atoms.